The number of nitrogens with one attached hydrogen (secondary N) is 2. The van der Waals surface area contributed by atoms with Crippen molar-refractivity contribution in [1.82, 2.24) is 15.5 Å². The summed E-state index contributed by atoms with van der Waals surface area (Å²) in [6.07, 6.45) is 6.65. The van der Waals surface area contributed by atoms with E-state index < -0.39 is 0 Å². The Morgan fingerprint density at radius 3 is 2.37 bits per heavy atom. The van der Waals surface area contributed by atoms with Gasteiger partial charge in [-0.1, -0.05) is 19.8 Å². The molecule has 0 spiro atoms. The van der Waals surface area contributed by atoms with E-state index in [1.165, 1.54) is 38.8 Å². The summed E-state index contributed by atoms with van der Waals surface area (Å²) < 4.78 is 0. The number of nitrogens with zero attached hydrogens (tertiary/aromatic N) is 2. The van der Waals surface area contributed by atoms with Gasteiger partial charge in [0.2, 0.25) is 0 Å². The van der Waals surface area contributed by atoms with Gasteiger partial charge in [0.15, 0.2) is 5.96 Å². The first-order valence-electron chi connectivity index (χ1n) is 7.45. The molecular formula is C14H31IN4. The minimum absolute atomic E-state index is 0. The highest BCUT2D eigenvalue weighted by Gasteiger charge is 2.08. The third-order valence-corrected chi connectivity index (χ3v) is 3.64. The van der Waals surface area contributed by atoms with Gasteiger partial charge in [0.1, 0.15) is 0 Å². The Morgan fingerprint density at radius 2 is 1.84 bits per heavy atom. The van der Waals surface area contributed by atoms with E-state index >= 15 is 0 Å². The van der Waals surface area contributed by atoms with E-state index in [-0.39, 0.29) is 24.0 Å². The van der Waals surface area contributed by atoms with E-state index in [0.717, 1.165) is 25.5 Å². The minimum atomic E-state index is 0. The fourth-order valence-corrected chi connectivity index (χ4v) is 2.22. The third-order valence-electron chi connectivity index (χ3n) is 3.64. The smallest absolute Gasteiger partial charge is 0.191 e. The molecule has 114 valence electrons. The largest absolute Gasteiger partial charge is 0.355 e. The third kappa shape index (κ3) is 8.68. The zero-order valence-electron chi connectivity index (χ0n) is 12.7. The average Bonchev–Trinajstić information content (AvgIpc) is 2.66. The van der Waals surface area contributed by atoms with E-state index in [0.29, 0.717) is 6.04 Å². The van der Waals surface area contributed by atoms with Gasteiger partial charge < -0.3 is 15.5 Å². The van der Waals surface area contributed by atoms with Gasteiger partial charge in [0.25, 0.3) is 0 Å². The van der Waals surface area contributed by atoms with Crippen LogP contribution in [0.1, 0.15) is 46.0 Å². The Bertz CT molecular complexity index is 238. The molecule has 0 amide bonds. The van der Waals surface area contributed by atoms with Crippen molar-refractivity contribution in [2.75, 3.05) is 33.2 Å². The predicted molar refractivity (Wildman–Crippen MR) is 94.6 cm³/mol. The van der Waals surface area contributed by atoms with Crippen molar-refractivity contribution in [3.05, 3.63) is 0 Å². The van der Waals surface area contributed by atoms with E-state index in [9.17, 15) is 0 Å². The maximum Gasteiger partial charge on any atom is 0.191 e. The van der Waals surface area contributed by atoms with Crippen LogP contribution in [0, 0.1) is 0 Å². The molecule has 1 aliphatic heterocycles. The van der Waals surface area contributed by atoms with Gasteiger partial charge in [-0.05, 0) is 39.3 Å². The standard InChI is InChI=1S/C14H30N4.HI/c1-4-13(2)17-14(15-3)16-9-12-18-10-7-5-6-8-11-18;/h13H,4-12H2,1-3H3,(H2,15,16,17);1H. The maximum absolute atomic E-state index is 4.25. The Labute approximate surface area is 135 Å². The molecule has 0 saturated carbocycles. The quantitative estimate of drug-likeness (QED) is 0.436. The Hall–Kier alpha value is -0.0400. The molecule has 0 radical (unpaired) electrons. The topological polar surface area (TPSA) is 39.7 Å². The van der Waals surface area contributed by atoms with Crippen LogP contribution in [0.4, 0.5) is 0 Å². The van der Waals surface area contributed by atoms with Gasteiger partial charge in [-0.2, -0.15) is 0 Å². The van der Waals surface area contributed by atoms with Crippen LogP contribution in [0.25, 0.3) is 0 Å². The van der Waals surface area contributed by atoms with Gasteiger partial charge in [0, 0.05) is 26.2 Å². The summed E-state index contributed by atoms with van der Waals surface area (Å²) in [5, 5.41) is 6.79. The molecule has 1 fully saturated rings. The van der Waals surface area contributed by atoms with Gasteiger partial charge in [0.05, 0.1) is 0 Å². The van der Waals surface area contributed by atoms with Crippen LogP contribution in [0.15, 0.2) is 4.99 Å². The van der Waals surface area contributed by atoms with Crippen LogP contribution in [0.3, 0.4) is 0 Å². The molecule has 0 bridgehead atoms. The minimum Gasteiger partial charge on any atom is -0.355 e. The summed E-state index contributed by atoms with van der Waals surface area (Å²) in [5.41, 5.74) is 0. The highest BCUT2D eigenvalue weighted by Crippen LogP contribution is 2.08. The zero-order chi connectivity index (χ0) is 13.2. The fraction of sp³-hybridized carbons (Fsp3) is 0.929. The first-order valence-corrected chi connectivity index (χ1v) is 7.45. The second-order valence-electron chi connectivity index (χ2n) is 5.21. The molecule has 0 aliphatic carbocycles. The van der Waals surface area contributed by atoms with Crippen molar-refractivity contribution in [3.63, 3.8) is 0 Å². The van der Waals surface area contributed by atoms with E-state index in [2.05, 4.69) is 34.4 Å². The normalized spacial score (nSPS) is 19.2. The molecule has 1 aliphatic rings. The predicted octanol–water partition coefficient (Wildman–Crippen LogP) is 2.44. The summed E-state index contributed by atoms with van der Waals surface area (Å²) in [4.78, 5) is 6.82. The van der Waals surface area contributed by atoms with E-state index in [1.807, 2.05) is 7.05 Å². The lowest BCUT2D eigenvalue weighted by molar-refractivity contribution is 0.289. The highest BCUT2D eigenvalue weighted by molar-refractivity contribution is 14.0. The summed E-state index contributed by atoms with van der Waals surface area (Å²) in [7, 11) is 1.84. The molecule has 1 unspecified atom stereocenters. The molecule has 19 heavy (non-hydrogen) atoms. The maximum atomic E-state index is 4.25. The lowest BCUT2D eigenvalue weighted by Gasteiger charge is -2.21. The van der Waals surface area contributed by atoms with Crippen molar-refractivity contribution < 1.29 is 0 Å². The van der Waals surface area contributed by atoms with E-state index in [1.54, 1.807) is 0 Å². The SMILES string of the molecule is CCC(C)NC(=NC)NCCN1CCCCCC1.I. The fourth-order valence-electron chi connectivity index (χ4n) is 2.22. The van der Waals surface area contributed by atoms with Crippen molar-refractivity contribution in [2.45, 2.75) is 52.0 Å². The summed E-state index contributed by atoms with van der Waals surface area (Å²) in [6.45, 7) is 9.00. The lowest BCUT2D eigenvalue weighted by atomic mass is 10.2. The monoisotopic (exact) mass is 382 g/mol. The molecule has 0 aromatic carbocycles. The molecule has 1 atom stereocenters. The summed E-state index contributed by atoms with van der Waals surface area (Å²) in [6, 6.07) is 0.481. The lowest BCUT2D eigenvalue weighted by Crippen LogP contribution is -2.44. The number of hydrogen-bond acceptors (Lipinski definition) is 2. The number of halogens is 1. The number of likely N-dealkylation sites (tertiary alicyclic amines) is 1. The number of hydrogen-bond donors (Lipinski definition) is 2. The first kappa shape index (κ1) is 19.0. The Morgan fingerprint density at radius 1 is 1.21 bits per heavy atom. The molecule has 1 rings (SSSR count). The molecular weight excluding hydrogens is 351 g/mol. The van der Waals surface area contributed by atoms with Gasteiger partial charge in [-0.3, -0.25) is 4.99 Å². The van der Waals surface area contributed by atoms with Crippen molar-refractivity contribution in [3.8, 4) is 0 Å². The Kier molecular flexibility index (Phi) is 11.7. The first-order chi connectivity index (χ1) is 8.76. The van der Waals surface area contributed by atoms with Crippen LogP contribution in [-0.4, -0.2) is 50.1 Å². The summed E-state index contributed by atoms with van der Waals surface area (Å²) in [5.74, 6) is 0.930. The molecule has 5 heteroatoms. The molecule has 2 N–H and O–H groups in total. The summed E-state index contributed by atoms with van der Waals surface area (Å²) >= 11 is 0. The van der Waals surface area contributed by atoms with Crippen LogP contribution >= 0.6 is 24.0 Å². The average molecular weight is 382 g/mol. The van der Waals surface area contributed by atoms with Crippen molar-refractivity contribution in [2.24, 2.45) is 4.99 Å². The van der Waals surface area contributed by atoms with Crippen molar-refractivity contribution >= 4 is 29.9 Å². The number of guanidine groups is 1. The molecule has 4 nitrogen and oxygen atoms in total. The highest BCUT2D eigenvalue weighted by atomic mass is 127. The molecule has 1 heterocycles. The molecule has 0 aromatic heterocycles. The molecule has 1 saturated heterocycles. The van der Waals surface area contributed by atoms with Crippen LogP contribution in [-0.2, 0) is 0 Å². The second-order valence-corrected chi connectivity index (χ2v) is 5.21. The zero-order valence-corrected chi connectivity index (χ0v) is 15.1. The van der Waals surface area contributed by atoms with Gasteiger partial charge >= 0.3 is 0 Å². The van der Waals surface area contributed by atoms with Crippen LogP contribution in [0.2, 0.25) is 0 Å². The van der Waals surface area contributed by atoms with Crippen LogP contribution < -0.4 is 10.6 Å². The van der Waals surface area contributed by atoms with Gasteiger partial charge in [-0.15, -0.1) is 24.0 Å². The molecule has 0 aromatic rings. The van der Waals surface area contributed by atoms with E-state index in [4.69, 9.17) is 0 Å². The second kappa shape index (κ2) is 11.8. The number of rotatable bonds is 5. The van der Waals surface area contributed by atoms with Crippen LogP contribution in [0.5, 0.6) is 0 Å². The number of aliphatic imine (C=N–C) groups is 1. The van der Waals surface area contributed by atoms with Gasteiger partial charge in [-0.25, -0.2) is 0 Å². The Balaban J connectivity index is 0.00000324. The van der Waals surface area contributed by atoms with Crippen molar-refractivity contribution in [1.29, 1.82) is 0 Å².